The van der Waals surface area contributed by atoms with Gasteiger partial charge < -0.3 is 20.2 Å². The van der Waals surface area contributed by atoms with E-state index in [1.54, 1.807) is 12.1 Å². The molecule has 4 aliphatic rings. The van der Waals surface area contributed by atoms with Gasteiger partial charge in [0.25, 0.3) is 40.5 Å². The summed E-state index contributed by atoms with van der Waals surface area (Å²) in [6.07, 6.45) is 17.8. The number of amides is 1. The molecule has 0 bridgehead atoms. The van der Waals surface area contributed by atoms with Crippen molar-refractivity contribution in [1.29, 1.82) is 0 Å². The van der Waals surface area contributed by atoms with Crippen LogP contribution in [0, 0.1) is 0 Å². The lowest BCUT2D eigenvalue weighted by Crippen LogP contribution is -2.35. The van der Waals surface area contributed by atoms with Crippen LogP contribution in [0.4, 0.5) is 22.9 Å². The van der Waals surface area contributed by atoms with Crippen molar-refractivity contribution in [3.8, 4) is 0 Å². The number of aliphatic carboxylic acids is 1. The van der Waals surface area contributed by atoms with Gasteiger partial charge in [-0.15, -0.1) is 0 Å². The second-order valence-corrected chi connectivity index (χ2v) is 31.3. The Hall–Kier alpha value is -6.71. The molecule has 21 nitrogen and oxygen atoms in total. The monoisotopic (exact) mass is 1300 g/mol. The molecule has 1 amide bonds. The predicted molar refractivity (Wildman–Crippen MR) is 342 cm³/mol. The number of carbonyl (C=O) groups excluding carboxylic acids is 1. The number of allylic oxidation sites excluding steroid dienone is 8. The fraction of sp³-hybridized carbons (Fsp3) is 0.453. The number of carboxylic acids is 1. The van der Waals surface area contributed by atoms with E-state index in [4.69, 9.17) is 4.99 Å². The van der Waals surface area contributed by atoms with Crippen LogP contribution in [0.1, 0.15) is 147 Å². The molecule has 0 saturated carbocycles. The fourth-order valence-electron chi connectivity index (χ4n) is 12.7. The molecule has 0 unspecified atom stereocenters. The molecule has 0 spiro atoms. The zero-order valence-corrected chi connectivity index (χ0v) is 54.9. The van der Waals surface area contributed by atoms with Gasteiger partial charge in [0.2, 0.25) is 11.6 Å². The van der Waals surface area contributed by atoms with E-state index in [0.717, 1.165) is 62.1 Å². The molecule has 0 atom stereocenters. The van der Waals surface area contributed by atoms with Crippen molar-refractivity contribution in [2.45, 2.75) is 164 Å². The number of carbonyl (C=O) groups is 2. The van der Waals surface area contributed by atoms with Crippen molar-refractivity contribution in [3.63, 3.8) is 0 Å². The van der Waals surface area contributed by atoms with Gasteiger partial charge in [-0.1, -0.05) is 58.8 Å². The molecular weight excluding hydrogens is 1220 g/mol. The molecular formula is C64H82N6O15S4+2. The number of aromatic nitrogens is 1. The molecule has 0 radical (unpaired) electrons. The van der Waals surface area contributed by atoms with Gasteiger partial charge in [-0.2, -0.15) is 38.2 Å². The maximum Gasteiger partial charge on any atom is 0.327 e. The fourth-order valence-corrected chi connectivity index (χ4v) is 14.7. The zero-order chi connectivity index (χ0) is 65.3. The Bertz CT molecular complexity index is 4120. The van der Waals surface area contributed by atoms with Gasteiger partial charge >= 0.3 is 11.8 Å². The molecule has 3 aromatic carbocycles. The highest BCUT2D eigenvalue weighted by Crippen LogP contribution is 2.51. The molecule has 1 aromatic heterocycles. The average molecular weight is 1300 g/mol. The van der Waals surface area contributed by atoms with E-state index in [1.807, 2.05) is 110 Å². The van der Waals surface area contributed by atoms with Crippen molar-refractivity contribution in [1.82, 2.24) is 5.32 Å². The van der Waals surface area contributed by atoms with Gasteiger partial charge in [-0.25, -0.2) is 4.57 Å². The molecule has 0 aliphatic carbocycles. The van der Waals surface area contributed by atoms with E-state index in [1.165, 1.54) is 24.3 Å². The van der Waals surface area contributed by atoms with E-state index < -0.39 is 73.9 Å². The van der Waals surface area contributed by atoms with Crippen LogP contribution >= 0.6 is 0 Å². The number of aliphatic imine (C=N–C) groups is 1. The highest BCUT2D eigenvalue weighted by Gasteiger charge is 2.46. The summed E-state index contributed by atoms with van der Waals surface area (Å²) < 4.78 is 139. The highest BCUT2D eigenvalue weighted by molar-refractivity contribution is 7.86. The van der Waals surface area contributed by atoms with Gasteiger partial charge in [-0.05, 0) is 148 Å². The Morgan fingerprint density at radius 3 is 1.63 bits per heavy atom. The van der Waals surface area contributed by atoms with Crippen LogP contribution in [0.3, 0.4) is 0 Å². The summed E-state index contributed by atoms with van der Waals surface area (Å²) in [6.45, 7) is 18.0. The van der Waals surface area contributed by atoms with Crippen LogP contribution < -0.4 is 19.7 Å². The summed E-state index contributed by atoms with van der Waals surface area (Å²) in [4.78, 5) is 33.5. The summed E-state index contributed by atoms with van der Waals surface area (Å²) in [7, 11) is -17.4. The SMILES string of the molecule is CC1(C)C(/C=C/C=C2/N(CCCCCC(=O)O)c3ccc(S(=O)(=O)O)cc3C2(C)C)=[N+](CCCS(=O)(=O)O)c2ccc(CNC(=O)CCCCCN3/C(=C/C=C/C4=Nc5c(ccc[n+]5CCCS(=O)(=O)O)C4(C)C)C(C)(C)c4cc(S(=O)(=O)O)ccc43)cc21. The Labute approximate surface area is 523 Å². The number of aryl methyl sites for hydroxylation is 1. The smallest absolute Gasteiger partial charge is 0.327 e. The lowest BCUT2D eigenvalue weighted by Gasteiger charge is -2.27. The van der Waals surface area contributed by atoms with Crippen LogP contribution in [-0.2, 0) is 84.8 Å². The number of hydrogen-bond acceptors (Lipinski definition) is 13. The van der Waals surface area contributed by atoms with Crippen LogP contribution in [0.25, 0.3) is 0 Å². The van der Waals surface area contributed by atoms with Crippen LogP contribution in [0.2, 0.25) is 0 Å². The summed E-state index contributed by atoms with van der Waals surface area (Å²) in [5.41, 5.74) is 7.29. The largest absolute Gasteiger partial charge is 0.481 e. The maximum absolute atomic E-state index is 13.5. The first-order chi connectivity index (χ1) is 41.4. The molecule has 4 aromatic rings. The molecule has 6 N–H and O–H groups in total. The third kappa shape index (κ3) is 15.5. The number of nitrogens with one attached hydrogen (secondary N) is 1. The van der Waals surface area contributed by atoms with Crippen molar-refractivity contribution in [2.75, 3.05) is 40.9 Å². The van der Waals surface area contributed by atoms with Crippen LogP contribution in [0.5, 0.6) is 0 Å². The number of carboxylic acid groups (broad SMARTS) is 1. The van der Waals surface area contributed by atoms with Gasteiger partial charge in [0.05, 0.1) is 50.4 Å². The van der Waals surface area contributed by atoms with Crippen molar-refractivity contribution in [2.24, 2.45) is 4.99 Å². The van der Waals surface area contributed by atoms with E-state index in [9.17, 15) is 66.6 Å². The molecule has 25 heteroatoms. The molecule has 8 rings (SSSR count). The van der Waals surface area contributed by atoms with Gasteiger partial charge in [0, 0.05) is 96.6 Å². The molecule has 5 heterocycles. The third-order valence-corrected chi connectivity index (χ3v) is 20.8. The Morgan fingerprint density at radius 1 is 0.573 bits per heavy atom. The maximum atomic E-state index is 13.5. The normalized spacial score (nSPS) is 18.3. The number of benzene rings is 3. The number of pyridine rings is 1. The standard InChI is InChI=1S/C64H80N6O15S4/c1-61(2)47-20-17-33-67(34-18-38-86(74,75)76)60(47)66-54(61)21-15-22-55-63(5,6)49-41-45(88(80,81)82)28-31-52(49)68(55)35-13-9-11-25-58(71)65-43-44-27-30-51-48(40-44)62(3,4)56(70(51)37-19-39-87(77,78)79)23-16-24-57-64(7,8)50-42-46(89(83,84)85)29-32-53(50)69(57)36-14-10-12-26-59(72)73/h15-17,20-24,27-33,40-42H,9-14,18-19,25-26,34-39,43H2,1-8H3,(H4-2,65,71,72,73,74,75,76,77,78,79,80,81,82,83,84,85)/p+2. The topological polar surface area (TPSA) is 310 Å². The molecule has 89 heavy (non-hydrogen) atoms. The second kappa shape index (κ2) is 26.3. The average Bonchev–Trinajstić information content (AvgIpc) is 1.66. The van der Waals surface area contributed by atoms with Crippen molar-refractivity contribution < 1.29 is 75.7 Å². The number of anilines is 2. The minimum absolute atomic E-state index is 0.0429. The Morgan fingerprint density at radius 2 is 1.10 bits per heavy atom. The van der Waals surface area contributed by atoms with Gasteiger partial charge in [0.15, 0.2) is 11.4 Å². The molecule has 0 fully saturated rings. The minimum Gasteiger partial charge on any atom is -0.481 e. The third-order valence-electron chi connectivity index (χ3n) is 17.5. The number of rotatable bonds is 28. The van der Waals surface area contributed by atoms with E-state index >= 15 is 0 Å². The summed E-state index contributed by atoms with van der Waals surface area (Å²) in [5, 5.41) is 12.3. The van der Waals surface area contributed by atoms with E-state index in [0.29, 0.717) is 69.5 Å². The van der Waals surface area contributed by atoms with Gasteiger partial charge in [-0.3, -0.25) is 27.8 Å². The Balaban J connectivity index is 0.944. The predicted octanol–water partition coefficient (Wildman–Crippen LogP) is 9.76. The number of hydrogen-bond donors (Lipinski definition) is 6. The van der Waals surface area contributed by atoms with Crippen molar-refractivity contribution >= 4 is 86.7 Å². The number of nitrogens with zero attached hydrogens (tertiary/aromatic N) is 5. The molecule has 0 saturated heterocycles. The van der Waals surface area contributed by atoms with E-state index in [-0.39, 0.29) is 60.2 Å². The van der Waals surface area contributed by atoms with E-state index in [2.05, 4.69) is 42.8 Å². The first-order valence-corrected chi connectivity index (χ1v) is 35.9. The zero-order valence-electron chi connectivity index (χ0n) is 51.6. The quantitative estimate of drug-likeness (QED) is 0.0175. The number of fused-ring (bicyclic) bond motifs is 4. The Kier molecular flexibility index (Phi) is 20.1. The van der Waals surface area contributed by atoms with Gasteiger partial charge in [0.1, 0.15) is 6.54 Å². The van der Waals surface area contributed by atoms with Crippen molar-refractivity contribution in [3.05, 3.63) is 149 Å². The summed E-state index contributed by atoms with van der Waals surface area (Å²) >= 11 is 0. The molecule has 480 valence electrons. The molecule has 4 aliphatic heterocycles. The highest BCUT2D eigenvalue weighted by atomic mass is 32.2. The lowest BCUT2D eigenvalue weighted by molar-refractivity contribution is -0.684. The second-order valence-electron chi connectivity index (χ2n) is 25.3. The lowest BCUT2D eigenvalue weighted by atomic mass is 9.80. The number of unbranched alkanes of at least 4 members (excludes halogenated alkanes) is 4. The summed E-state index contributed by atoms with van der Waals surface area (Å²) in [5.74, 6) is -1.14. The van der Waals surface area contributed by atoms with Crippen LogP contribution in [0.15, 0.2) is 136 Å². The minimum atomic E-state index is -4.51. The summed E-state index contributed by atoms with van der Waals surface area (Å²) in [6, 6.07) is 18.9. The first-order valence-electron chi connectivity index (χ1n) is 29.8. The van der Waals surface area contributed by atoms with Crippen LogP contribution in [-0.4, -0.2) is 116 Å². The first kappa shape index (κ1) is 68.2.